The highest BCUT2D eigenvalue weighted by Gasteiger charge is 2.09. The highest BCUT2D eigenvalue weighted by atomic mass is 79.9. The topological polar surface area (TPSA) is 26.5 Å². The number of hydrogen-bond acceptors (Lipinski definition) is 3. The summed E-state index contributed by atoms with van der Waals surface area (Å²) in [7, 11) is 1.69. The molecule has 4 rings (SSSR count). The van der Waals surface area contributed by atoms with E-state index in [4.69, 9.17) is 9.73 Å². The molecule has 0 aliphatic heterocycles. The van der Waals surface area contributed by atoms with Gasteiger partial charge in [-0.05, 0) is 53.9 Å². The van der Waals surface area contributed by atoms with Crippen molar-refractivity contribution in [2.45, 2.75) is 13.0 Å². The average Bonchev–Trinajstić information content (AvgIpc) is 3.16. The maximum atomic E-state index is 5.27. The zero-order chi connectivity index (χ0) is 20.1. The second-order valence-corrected chi connectivity index (χ2v) is 8.36. The van der Waals surface area contributed by atoms with E-state index in [-0.39, 0.29) is 17.0 Å². The molecule has 3 nitrogen and oxygen atoms in total. The summed E-state index contributed by atoms with van der Waals surface area (Å²) in [6.07, 6.45) is 0.923. The Balaban J connectivity index is 0.00000256. The average molecular weight is 546 g/mol. The number of para-hydroxylation sites is 1. The van der Waals surface area contributed by atoms with E-state index in [0.717, 1.165) is 33.7 Å². The number of ether oxygens (including phenoxy) is 1. The standard InChI is InChI=1S/C24H21BrN2OS.BrH/c1-28-22-13-7-18(8-14-22)15-16-27-23(19-9-11-20(25)12-10-19)17-29-24(27)26-21-5-3-2-4-6-21;/h2-14,17H,15-16H2,1H3;1H. The van der Waals surface area contributed by atoms with Crippen LogP contribution < -0.4 is 9.54 Å². The molecular formula is C24H22Br2N2OS. The number of methoxy groups -OCH3 is 1. The van der Waals surface area contributed by atoms with Crippen LogP contribution in [0.5, 0.6) is 5.75 Å². The molecule has 0 N–H and O–H groups in total. The van der Waals surface area contributed by atoms with Crippen molar-refractivity contribution in [3.8, 4) is 17.0 Å². The smallest absolute Gasteiger partial charge is 0.190 e. The zero-order valence-electron chi connectivity index (χ0n) is 16.5. The normalized spacial score (nSPS) is 11.2. The molecule has 0 aliphatic rings. The van der Waals surface area contributed by atoms with Crippen molar-refractivity contribution in [2.24, 2.45) is 4.99 Å². The van der Waals surface area contributed by atoms with Gasteiger partial charge in [-0.3, -0.25) is 0 Å². The third-order valence-electron chi connectivity index (χ3n) is 4.70. The van der Waals surface area contributed by atoms with Crippen LogP contribution in [0.2, 0.25) is 0 Å². The first-order valence-electron chi connectivity index (χ1n) is 9.40. The summed E-state index contributed by atoms with van der Waals surface area (Å²) in [5.41, 5.74) is 4.62. The van der Waals surface area contributed by atoms with Crippen molar-refractivity contribution in [1.29, 1.82) is 0 Å². The van der Waals surface area contributed by atoms with Crippen LogP contribution in [0.1, 0.15) is 5.56 Å². The van der Waals surface area contributed by atoms with E-state index in [0.29, 0.717) is 0 Å². The minimum absolute atomic E-state index is 0. The van der Waals surface area contributed by atoms with Gasteiger partial charge in [-0.25, -0.2) is 4.99 Å². The van der Waals surface area contributed by atoms with Gasteiger partial charge in [0.2, 0.25) is 0 Å². The zero-order valence-corrected chi connectivity index (χ0v) is 20.6. The van der Waals surface area contributed by atoms with Gasteiger partial charge in [0.05, 0.1) is 18.5 Å². The lowest BCUT2D eigenvalue weighted by Crippen LogP contribution is -2.17. The molecule has 154 valence electrons. The third-order valence-corrected chi connectivity index (χ3v) is 6.09. The van der Waals surface area contributed by atoms with E-state index < -0.39 is 0 Å². The van der Waals surface area contributed by atoms with Crippen molar-refractivity contribution in [1.82, 2.24) is 4.57 Å². The lowest BCUT2D eigenvalue weighted by molar-refractivity contribution is 0.414. The Hall–Kier alpha value is -2.15. The lowest BCUT2D eigenvalue weighted by atomic mass is 10.1. The molecule has 1 aromatic heterocycles. The first-order valence-corrected chi connectivity index (χ1v) is 11.1. The van der Waals surface area contributed by atoms with Crippen LogP contribution in [0.15, 0.2) is 93.7 Å². The maximum Gasteiger partial charge on any atom is 0.190 e. The van der Waals surface area contributed by atoms with Crippen LogP contribution in [-0.4, -0.2) is 11.7 Å². The highest BCUT2D eigenvalue weighted by Crippen LogP contribution is 2.23. The summed E-state index contributed by atoms with van der Waals surface area (Å²) in [5.74, 6) is 0.882. The van der Waals surface area contributed by atoms with Crippen LogP contribution >= 0.6 is 44.2 Å². The van der Waals surface area contributed by atoms with Gasteiger partial charge in [0.1, 0.15) is 5.75 Å². The molecule has 6 heteroatoms. The van der Waals surface area contributed by atoms with Gasteiger partial charge in [0.15, 0.2) is 4.80 Å². The molecule has 0 fully saturated rings. The van der Waals surface area contributed by atoms with E-state index in [1.54, 1.807) is 18.4 Å². The summed E-state index contributed by atoms with van der Waals surface area (Å²) in [6.45, 7) is 0.854. The van der Waals surface area contributed by atoms with Gasteiger partial charge in [0, 0.05) is 16.4 Å². The molecule has 0 aliphatic carbocycles. The van der Waals surface area contributed by atoms with Crippen LogP contribution in [0, 0.1) is 0 Å². The Morgan fingerprint density at radius 2 is 1.63 bits per heavy atom. The molecule has 0 spiro atoms. The summed E-state index contributed by atoms with van der Waals surface area (Å²) in [5, 5.41) is 2.19. The van der Waals surface area contributed by atoms with Crippen LogP contribution in [0.4, 0.5) is 5.69 Å². The SMILES string of the molecule is Br.COc1ccc(CCn2c(-c3ccc(Br)cc3)csc2=Nc2ccccc2)cc1. The van der Waals surface area contributed by atoms with Crippen LogP contribution in [0.25, 0.3) is 11.3 Å². The molecule has 1 heterocycles. The van der Waals surface area contributed by atoms with Crippen molar-refractivity contribution >= 4 is 49.9 Å². The summed E-state index contributed by atoms with van der Waals surface area (Å²) < 4.78 is 8.66. The fraction of sp³-hybridized carbons (Fsp3) is 0.125. The Kier molecular flexibility index (Phi) is 8.08. The van der Waals surface area contributed by atoms with Gasteiger partial charge in [-0.1, -0.05) is 58.4 Å². The largest absolute Gasteiger partial charge is 0.497 e. The Morgan fingerprint density at radius 3 is 2.30 bits per heavy atom. The van der Waals surface area contributed by atoms with Crippen LogP contribution in [-0.2, 0) is 13.0 Å². The molecule has 0 saturated carbocycles. The first kappa shape index (κ1) is 22.5. The van der Waals surface area contributed by atoms with E-state index in [1.165, 1.54) is 16.8 Å². The van der Waals surface area contributed by atoms with E-state index >= 15 is 0 Å². The van der Waals surface area contributed by atoms with Gasteiger partial charge in [-0.15, -0.1) is 28.3 Å². The lowest BCUT2D eigenvalue weighted by Gasteiger charge is -2.10. The summed E-state index contributed by atoms with van der Waals surface area (Å²) in [4.78, 5) is 5.90. The summed E-state index contributed by atoms with van der Waals surface area (Å²) in [6, 6.07) is 26.8. The highest BCUT2D eigenvalue weighted by molar-refractivity contribution is 9.10. The monoisotopic (exact) mass is 544 g/mol. The number of nitrogens with zero attached hydrogens (tertiary/aromatic N) is 2. The molecule has 3 aromatic carbocycles. The van der Waals surface area contributed by atoms with Crippen molar-refractivity contribution in [2.75, 3.05) is 7.11 Å². The fourth-order valence-corrected chi connectivity index (χ4v) is 4.35. The van der Waals surface area contributed by atoms with Crippen molar-refractivity contribution in [3.05, 3.63) is 99.1 Å². The number of halogens is 2. The minimum Gasteiger partial charge on any atom is -0.497 e. The quantitative estimate of drug-likeness (QED) is 0.255. The predicted octanol–water partition coefficient (Wildman–Crippen LogP) is 7.04. The number of hydrogen-bond donors (Lipinski definition) is 0. The van der Waals surface area contributed by atoms with Crippen LogP contribution in [0.3, 0.4) is 0 Å². The van der Waals surface area contributed by atoms with Gasteiger partial charge in [-0.2, -0.15) is 0 Å². The number of benzene rings is 3. The molecule has 0 saturated heterocycles. The maximum absolute atomic E-state index is 5.27. The molecule has 30 heavy (non-hydrogen) atoms. The number of aryl methyl sites for hydroxylation is 1. The molecule has 0 unspecified atom stereocenters. The Bertz CT molecular complexity index is 1130. The van der Waals surface area contributed by atoms with Gasteiger partial charge in [0.25, 0.3) is 0 Å². The molecule has 4 aromatic rings. The van der Waals surface area contributed by atoms with E-state index in [2.05, 4.69) is 62.3 Å². The fourth-order valence-electron chi connectivity index (χ4n) is 3.13. The van der Waals surface area contributed by atoms with Crippen molar-refractivity contribution in [3.63, 3.8) is 0 Å². The van der Waals surface area contributed by atoms with E-state index in [1.807, 2.05) is 42.5 Å². The van der Waals surface area contributed by atoms with Gasteiger partial charge >= 0.3 is 0 Å². The Morgan fingerprint density at radius 1 is 0.933 bits per heavy atom. The summed E-state index contributed by atoms with van der Waals surface area (Å²) >= 11 is 5.20. The van der Waals surface area contributed by atoms with E-state index in [9.17, 15) is 0 Å². The second-order valence-electron chi connectivity index (χ2n) is 6.61. The minimum atomic E-state index is 0. The van der Waals surface area contributed by atoms with Crippen molar-refractivity contribution < 1.29 is 4.74 Å². The first-order chi connectivity index (χ1) is 14.2. The third kappa shape index (κ3) is 5.50. The number of aromatic nitrogens is 1. The molecule has 0 atom stereocenters. The Labute approximate surface area is 199 Å². The van der Waals surface area contributed by atoms with Gasteiger partial charge < -0.3 is 9.30 Å². The number of rotatable bonds is 6. The molecule has 0 radical (unpaired) electrons. The number of thiazole rings is 1. The molecule has 0 amide bonds. The molecular weight excluding hydrogens is 524 g/mol. The second kappa shape index (κ2) is 10.8. The molecule has 0 bridgehead atoms. The predicted molar refractivity (Wildman–Crippen MR) is 134 cm³/mol.